The molecule has 0 saturated heterocycles. The lowest BCUT2D eigenvalue weighted by Gasteiger charge is -2.24. The van der Waals surface area contributed by atoms with E-state index in [1.807, 2.05) is 0 Å². The van der Waals surface area contributed by atoms with Crippen LogP contribution in [0, 0.1) is 11.8 Å². The molecule has 1 fully saturated rings. The van der Waals surface area contributed by atoms with Gasteiger partial charge in [-0.25, -0.2) is 0 Å². The number of hydrogen-bond acceptors (Lipinski definition) is 0. The molecule has 2 atom stereocenters. The predicted molar refractivity (Wildman–Crippen MR) is 58.7 cm³/mol. The molecule has 0 radical (unpaired) electrons. The summed E-state index contributed by atoms with van der Waals surface area (Å²) >= 11 is 3.43. The Morgan fingerprint density at radius 3 is 2.92 bits per heavy atom. The highest BCUT2D eigenvalue weighted by Gasteiger charge is 2.15. The summed E-state index contributed by atoms with van der Waals surface area (Å²) in [5, 5.41) is 1.10. The molecule has 0 N–H and O–H groups in total. The van der Waals surface area contributed by atoms with Crippen LogP contribution in [0.1, 0.15) is 39.0 Å². The summed E-state index contributed by atoms with van der Waals surface area (Å²) in [5.74, 6) is 1.84. The summed E-state index contributed by atoms with van der Waals surface area (Å²) in [5.41, 5.74) is 0. The zero-order chi connectivity index (χ0) is 8.81. The molecule has 1 heteroatoms. The van der Waals surface area contributed by atoms with Crippen LogP contribution in [0.5, 0.6) is 0 Å². The lowest BCUT2D eigenvalue weighted by atomic mass is 9.82. The van der Waals surface area contributed by atoms with Gasteiger partial charge in [-0.15, -0.1) is 0 Å². The minimum Gasteiger partial charge on any atom is -0.0925 e. The van der Waals surface area contributed by atoms with Gasteiger partial charge in [0.2, 0.25) is 0 Å². The van der Waals surface area contributed by atoms with Gasteiger partial charge in [0.25, 0.3) is 0 Å². The van der Waals surface area contributed by atoms with Gasteiger partial charge < -0.3 is 0 Å². The van der Waals surface area contributed by atoms with Crippen molar-refractivity contribution in [2.75, 3.05) is 5.33 Å². The molecular weight excluding hydrogens is 212 g/mol. The molecule has 0 amide bonds. The van der Waals surface area contributed by atoms with Crippen molar-refractivity contribution in [2.24, 2.45) is 11.8 Å². The maximum atomic E-state index is 3.43. The third-order valence-corrected chi connectivity index (χ3v) is 3.12. The smallest absolute Gasteiger partial charge is 0.00659 e. The molecule has 1 rings (SSSR count). The maximum absolute atomic E-state index is 3.43. The Morgan fingerprint density at radius 1 is 1.42 bits per heavy atom. The normalized spacial score (nSPS) is 31.2. The largest absolute Gasteiger partial charge is 0.0925 e. The van der Waals surface area contributed by atoms with Crippen molar-refractivity contribution >= 4 is 15.9 Å². The van der Waals surface area contributed by atoms with Gasteiger partial charge in [-0.05, 0) is 31.1 Å². The van der Waals surface area contributed by atoms with Crippen molar-refractivity contribution < 1.29 is 0 Å². The van der Waals surface area contributed by atoms with Gasteiger partial charge in [0.05, 0.1) is 0 Å². The van der Waals surface area contributed by atoms with Crippen molar-refractivity contribution in [3.8, 4) is 0 Å². The molecule has 0 bridgehead atoms. The average molecular weight is 231 g/mol. The van der Waals surface area contributed by atoms with Crippen LogP contribution in [0.2, 0.25) is 0 Å². The lowest BCUT2D eigenvalue weighted by molar-refractivity contribution is 0.325. The molecule has 1 aliphatic carbocycles. The van der Waals surface area contributed by atoms with Crippen molar-refractivity contribution in [1.29, 1.82) is 0 Å². The van der Waals surface area contributed by atoms with Crippen LogP contribution >= 0.6 is 15.9 Å². The van der Waals surface area contributed by atoms with E-state index in [9.17, 15) is 0 Å². The summed E-state index contributed by atoms with van der Waals surface area (Å²) < 4.78 is 0. The summed E-state index contributed by atoms with van der Waals surface area (Å²) in [7, 11) is 0. The second-order valence-corrected chi connectivity index (χ2v) is 4.73. The second-order valence-electron chi connectivity index (χ2n) is 3.94. The van der Waals surface area contributed by atoms with Gasteiger partial charge in [0.15, 0.2) is 0 Å². The van der Waals surface area contributed by atoms with Crippen LogP contribution in [0.3, 0.4) is 0 Å². The summed E-state index contributed by atoms with van der Waals surface area (Å²) in [6, 6.07) is 0. The van der Waals surface area contributed by atoms with Crippen LogP contribution in [-0.2, 0) is 0 Å². The molecule has 0 aromatic heterocycles. The van der Waals surface area contributed by atoms with Gasteiger partial charge in [-0.3, -0.25) is 0 Å². The Morgan fingerprint density at radius 2 is 2.25 bits per heavy atom. The fraction of sp³-hybridized carbons (Fsp3) is 0.818. The summed E-state index contributed by atoms with van der Waals surface area (Å²) in [6.45, 7) is 2.38. The highest BCUT2D eigenvalue weighted by Crippen LogP contribution is 2.29. The molecule has 12 heavy (non-hydrogen) atoms. The molecule has 0 aromatic rings. The van der Waals surface area contributed by atoms with E-state index in [2.05, 4.69) is 35.0 Å². The van der Waals surface area contributed by atoms with E-state index in [-0.39, 0.29) is 0 Å². The highest BCUT2D eigenvalue weighted by atomic mass is 79.9. The van der Waals surface area contributed by atoms with E-state index in [1.165, 1.54) is 32.1 Å². The monoisotopic (exact) mass is 230 g/mol. The molecule has 2 unspecified atom stereocenters. The van der Waals surface area contributed by atoms with E-state index in [0.717, 1.165) is 17.2 Å². The fourth-order valence-corrected chi connectivity index (χ4v) is 2.27. The van der Waals surface area contributed by atoms with Crippen molar-refractivity contribution in [1.82, 2.24) is 0 Å². The van der Waals surface area contributed by atoms with E-state index in [1.54, 1.807) is 0 Å². The second kappa shape index (κ2) is 5.80. The topological polar surface area (TPSA) is 0 Å². The average Bonchev–Trinajstić information content (AvgIpc) is 2.05. The number of alkyl halides is 1. The van der Waals surface area contributed by atoms with Gasteiger partial charge >= 0.3 is 0 Å². The summed E-state index contributed by atoms with van der Waals surface area (Å²) in [6.07, 6.45) is 11.7. The minimum atomic E-state index is 0.882. The standard InChI is InChI=1S/C11H19Br/c1-10-5-4-7-11(9-10)6-2-3-8-12/h2,6,10-11H,3-5,7-9H2,1H3. The first-order valence-corrected chi connectivity index (χ1v) is 6.17. The molecule has 0 nitrogen and oxygen atoms in total. The number of allylic oxidation sites excluding steroid dienone is 2. The van der Waals surface area contributed by atoms with E-state index < -0.39 is 0 Å². The van der Waals surface area contributed by atoms with Crippen molar-refractivity contribution in [2.45, 2.75) is 39.0 Å². The van der Waals surface area contributed by atoms with Gasteiger partial charge in [0.1, 0.15) is 0 Å². The van der Waals surface area contributed by atoms with Crippen LogP contribution in [0.4, 0.5) is 0 Å². The number of rotatable bonds is 3. The molecule has 1 aliphatic rings. The first-order chi connectivity index (χ1) is 5.83. The van der Waals surface area contributed by atoms with Gasteiger partial charge in [-0.1, -0.05) is 47.8 Å². The fourth-order valence-electron chi connectivity index (χ4n) is 2.01. The maximum Gasteiger partial charge on any atom is 0.00659 e. The van der Waals surface area contributed by atoms with E-state index in [0.29, 0.717) is 0 Å². The molecule has 1 saturated carbocycles. The Labute approximate surface area is 84.6 Å². The summed E-state index contributed by atoms with van der Waals surface area (Å²) in [4.78, 5) is 0. The third kappa shape index (κ3) is 3.75. The van der Waals surface area contributed by atoms with Crippen LogP contribution in [-0.4, -0.2) is 5.33 Å². The van der Waals surface area contributed by atoms with Crippen molar-refractivity contribution in [3.63, 3.8) is 0 Å². The molecule has 0 aliphatic heterocycles. The first kappa shape index (κ1) is 10.3. The van der Waals surface area contributed by atoms with E-state index in [4.69, 9.17) is 0 Å². The Balaban J connectivity index is 2.22. The molecule has 0 aromatic carbocycles. The Hall–Kier alpha value is 0.220. The number of hydrogen-bond donors (Lipinski definition) is 0. The predicted octanol–water partition coefficient (Wildman–Crippen LogP) is 4.15. The Bertz CT molecular complexity index is 140. The Kier molecular flexibility index (Phi) is 4.98. The first-order valence-electron chi connectivity index (χ1n) is 5.05. The zero-order valence-electron chi connectivity index (χ0n) is 7.93. The number of halogens is 1. The van der Waals surface area contributed by atoms with Crippen LogP contribution in [0.15, 0.2) is 12.2 Å². The third-order valence-electron chi connectivity index (χ3n) is 2.66. The van der Waals surface area contributed by atoms with E-state index >= 15 is 0 Å². The molecule has 0 heterocycles. The van der Waals surface area contributed by atoms with Gasteiger partial charge in [-0.2, -0.15) is 0 Å². The molecular formula is C11H19Br. The molecule has 70 valence electrons. The zero-order valence-corrected chi connectivity index (χ0v) is 9.52. The SMILES string of the molecule is CC1CCCC(C=CCCBr)C1. The minimum absolute atomic E-state index is 0.882. The van der Waals surface area contributed by atoms with Gasteiger partial charge in [0, 0.05) is 5.33 Å². The lowest BCUT2D eigenvalue weighted by Crippen LogP contribution is -2.10. The van der Waals surface area contributed by atoms with Crippen LogP contribution in [0.25, 0.3) is 0 Å². The quantitative estimate of drug-likeness (QED) is 0.505. The highest BCUT2D eigenvalue weighted by molar-refractivity contribution is 9.09. The molecule has 0 spiro atoms. The van der Waals surface area contributed by atoms with Crippen LogP contribution < -0.4 is 0 Å². The van der Waals surface area contributed by atoms with Crippen molar-refractivity contribution in [3.05, 3.63) is 12.2 Å².